The number of carbonyl (C=O) groups is 2. The van der Waals surface area contributed by atoms with Crippen LogP contribution in [-0.2, 0) is 0 Å². The smallest absolute Gasteiger partial charge is 0.251 e. The molecular weight excluding hydrogens is 318 g/mol. The molecule has 0 bridgehead atoms. The fraction of sp³-hybridized carbons (Fsp3) is 0.211. The summed E-state index contributed by atoms with van der Waals surface area (Å²) in [6, 6.07) is 13.1. The molecule has 0 aliphatic heterocycles. The zero-order chi connectivity index (χ0) is 18.2. The number of amides is 1. The number of ketones is 1. The van der Waals surface area contributed by atoms with Gasteiger partial charge in [0.15, 0.2) is 5.78 Å². The summed E-state index contributed by atoms with van der Waals surface area (Å²) < 4.78 is 0. The normalized spacial score (nSPS) is 9.92. The van der Waals surface area contributed by atoms with E-state index in [-0.39, 0.29) is 17.4 Å². The number of nitrogens with zero attached hydrogens (tertiary/aromatic N) is 1. The van der Waals surface area contributed by atoms with Gasteiger partial charge in [-0.05, 0) is 49.7 Å². The van der Waals surface area contributed by atoms with Crippen molar-refractivity contribution in [1.82, 2.24) is 5.32 Å². The Labute approximate surface area is 146 Å². The van der Waals surface area contributed by atoms with Gasteiger partial charge in [0.25, 0.3) is 5.91 Å². The van der Waals surface area contributed by atoms with Gasteiger partial charge in [0, 0.05) is 24.2 Å². The lowest BCUT2D eigenvalue weighted by atomic mass is 10.1. The minimum Gasteiger partial charge on any atom is -0.508 e. The molecule has 0 heterocycles. The van der Waals surface area contributed by atoms with Crippen LogP contribution in [0.25, 0.3) is 0 Å². The van der Waals surface area contributed by atoms with Gasteiger partial charge in [0.1, 0.15) is 11.8 Å². The second-order valence-corrected chi connectivity index (χ2v) is 5.51. The fourth-order valence-corrected chi connectivity index (χ4v) is 2.27. The van der Waals surface area contributed by atoms with E-state index >= 15 is 0 Å². The van der Waals surface area contributed by atoms with E-state index in [0.717, 1.165) is 0 Å². The molecule has 2 aromatic rings. The van der Waals surface area contributed by atoms with Gasteiger partial charge in [0.2, 0.25) is 0 Å². The molecule has 3 N–H and O–H groups in total. The number of Topliss-reactive ketones (excluding diaryl/α,β-unsaturated/α-hetero) is 1. The highest BCUT2D eigenvalue weighted by atomic mass is 16.3. The number of nitriles is 1. The molecular formula is C19H19N3O3. The molecule has 0 fully saturated rings. The highest BCUT2D eigenvalue weighted by Crippen LogP contribution is 2.17. The summed E-state index contributed by atoms with van der Waals surface area (Å²) in [5.74, 6) is -0.276. The molecule has 2 rings (SSSR count). The molecule has 0 atom stereocenters. The van der Waals surface area contributed by atoms with Crippen molar-refractivity contribution in [2.24, 2.45) is 0 Å². The SMILES string of the molecule is CC(=O)c1ccc(C#N)c(NCCCNC(=O)c2cccc(O)c2)c1. The van der Waals surface area contributed by atoms with Crippen LogP contribution in [0.5, 0.6) is 5.75 Å². The number of aromatic hydroxyl groups is 1. The predicted molar refractivity (Wildman–Crippen MR) is 94.7 cm³/mol. The maximum atomic E-state index is 11.9. The number of hydrogen-bond acceptors (Lipinski definition) is 5. The van der Waals surface area contributed by atoms with E-state index in [2.05, 4.69) is 16.7 Å². The Morgan fingerprint density at radius 2 is 1.92 bits per heavy atom. The summed E-state index contributed by atoms with van der Waals surface area (Å²) in [5, 5.41) is 24.4. The van der Waals surface area contributed by atoms with E-state index in [9.17, 15) is 14.7 Å². The third-order valence-electron chi connectivity index (χ3n) is 3.61. The number of anilines is 1. The molecule has 0 aromatic heterocycles. The summed E-state index contributed by atoms with van der Waals surface area (Å²) in [6.45, 7) is 2.45. The quantitative estimate of drug-likeness (QED) is 0.532. The number of rotatable bonds is 7. The average molecular weight is 337 g/mol. The maximum absolute atomic E-state index is 11.9. The minimum absolute atomic E-state index is 0.0451. The van der Waals surface area contributed by atoms with Gasteiger partial charge in [-0.3, -0.25) is 9.59 Å². The van der Waals surface area contributed by atoms with Crippen molar-refractivity contribution < 1.29 is 14.7 Å². The molecule has 0 aliphatic rings. The topological polar surface area (TPSA) is 102 Å². The van der Waals surface area contributed by atoms with Crippen LogP contribution < -0.4 is 10.6 Å². The van der Waals surface area contributed by atoms with Gasteiger partial charge in [-0.1, -0.05) is 6.07 Å². The highest BCUT2D eigenvalue weighted by Gasteiger charge is 2.07. The van der Waals surface area contributed by atoms with E-state index < -0.39 is 0 Å². The standard InChI is InChI=1S/C19H19N3O3/c1-13(23)14-6-7-16(12-20)18(11-14)21-8-3-9-22-19(25)15-4-2-5-17(24)10-15/h2,4-7,10-11,21,24H,3,8-9H2,1H3,(H,22,25). The lowest BCUT2D eigenvalue weighted by molar-refractivity contribution is 0.0952. The Hall–Kier alpha value is -3.33. The average Bonchev–Trinajstić information content (AvgIpc) is 2.61. The monoisotopic (exact) mass is 337 g/mol. The van der Waals surface area contributed by atoms with E-state index in [1.807, 2.05) is 0 Å². The molecule has 0 unspecified atom stereocenters. The number of nitrogens with one attached hydrogen (secondary N) is 2. The van der Waals surface area contributed by atoms with Crippen molar-refractivity contribution in [2.75, 3.05) is 18.4 Å². The summed E-state index contributed by atoms with van der Waals surface area (Å²) in [4.78, 5) is 23.4. The van der Waals surface area contributed by atoms with Crippen molar-refractivity contribution in [3.63, 3.8) is 0 Å². The highest BCUT2D eigenvalue weighted by molar-refractivity contribution is 5.95. The molecule has 128 valence electrons. The molecule has 0 spiro atoms. The Morgan fingerprint density at radius 3 is 2.60 bits per heavy atom. The van der Waals surface area contributed by atoms with E-state index in [1.165, 1.54) is 19.1 Å². The summed E-state index contributed by atoms with van der Waals surface area (Å²) in [7, 11) is 0. The van der Waals surface area contributed by atoms with Crippen molar-refractivity contribution in [2.45, 2.75) is 13.3 Å². The lowest BCUT2D eigenvalue weighted by Crippen LogP contribution is -2.25. The zero-order valence-electron chi connectivity index (χ0n) is 13.9. The van der Waals surface area contributed by atoms with Gasteiger partial charge in [0.05, 0.1) is 11.3 Å². The first kappa shape index (κ1) is 18.0. The molecule has 0 saturated heterocycles. The molecule has 6 nitrogen and oxygen atoms in total. The lowest BCUT2D eigenvalue weighted by Gasteiger charge is -2.10. The van der Waals surface area contributed by atoms with E-state index in [0.29, 0.717) is 41.9 Å². The first-order chi connectivity index (χ1) is 12.0. The number of carbonyl (C=O) groups excluding carboxylic acids is 2. The van der Waals surface area contributed by atoms with Crippen LogP contribution >= 0.6 is 0 Å². The minimum atomic E-state index is -0.257. The van der Waals surface area contributed by atoms with Crippen molar-refractivity contribution >= 4 is 17.4 Å². The van der Waals surface area contributed by atoms with E-state index in [1.54, 1.807) is 30.3 Å². The summed E-state index contributed by atoms with van der Waals surface area (Å²) in [5.41, 5.74) is 2.01. The number of benzene rings is 2. The van der Waals surface area contributed by atoms with Crippen LogP contribution in [0.2, 0.25) is 0 Å². The van der Waals surface area contributed by atoms with E-state index in [4.69, 9.17) is 5.26 Å². The van der Waals surface area contributed by atoms with Gasteiger partial charge in [-0.25, -0.2) is 0 Å². The first-order valence-corrected chi connectivity index (χ1v) is 7.87. The Bertz CT molecular complexity index is 825. The van der Waals surface area contributed by atoms with Gasteiger partial charge < -0.3 is 15.7 Å². The zero-order valence-corrected chi connectivity index (χ0v) is 13.9. The Morgan fingerprint density at radius 1 is 1.12 bits per heavy atom. The van der Waals surface area contributed by atoms with Crippen LogP contribution in [0.1, 0.15) is 39.6 Å². The Balaban J connectivity index is 1.83. The second-order valence-electron chi connectivity index (χ2n) is 5.51. The fourth-order valence-electron chi connectivity index (χ4n) is 2.27. The van der Waals surface area contributed by atoms with Crippen LogP contribution in [0.15, 0.2) is 42.5 Å². The van der Waals surface area contributed by atoms with Crippen molar-refractivity contribution in [3.8, 4) is 11.8 Å². The first-order valence-electron chi connectivity index (χ1n) is 7.87. The molecule has 6 heteroatoms. The van der Waals surface area contributed by atoms with Gasteiger partial charge in [-0.15, -0.1) is 0 Å². The molecule has 2 aromatic carbocycles. The largest absolute Gasteiger partial charge is 0.508 e. The Kier molecular flexibility index (Phi) is 6.13. The second kappa shape index (κ2) is 8.50. The molecule has 25 heavy (non-hydrogen) atoms. The molecule has 0 aliphatic carbocycles. The van der Waals surface area contributed by atoms with Gasteiger partial charge in [-0.2, -0.15) is 5.26 Å². The van der Waals surface area contributed by atoms with Crippen LogP contribution in [-0.4, -0.2) is 29.9 Å². The third kappa shape index (κ3) is 5.08. The number of phenols is 1. The third-order valence-corrected chi connectivity index (χ3v) is 3.61. The molecule has 0 radical (unpaired) electrons. The maximum Gasteiger partial charge on any atom is 0.251 e. The van der Waals surface area contributed by atoms with Crippen molar-refractivity contribution in [1.29, 1.82) is 5.26 Å². The van der Waals surface area contributed by atoms with Gasteiger partial charge >= 0.3 is 0 Å². The van der Waals surface area contributed by atoms with Crippen LogP contribution in [0.3, 0.4) is 0 Å². The van der Waals surface area contributed by atoms with Crippen LogP contribution in [0, 0.1) is 11.3 Å². The molecule has 0 saturated carbocycles. The predicted octanol–water partition coefficient (Wildman–Crippen LogP) is 2.70. The molecule has 1 amide bonds. The summed E-state index contributed by atoms with van der Waals surface area (Å²) >= 11 is 0. The number of hydrogen-bond donors (Lipinski definition) is 3. The number of phenolic OH excluding ortho intramolecular Hbond substituents is 1. The van der Waals surface area contributed by atoms with Crippen molar-refractivity contribution in [3.05, 3.63) is 59.2 Å². The summed E-state index contributed by atoms with van der Waals surface area (Å²) in [6.07, 6.45) is 0.639. The van der Waals surface area contributed by atoms with Crippen LogP contribution in [0.4, 0.5) is 5.69 Å².